The van der Waals surface area contributed by atoms with Crippen LogP contribution in [0, 0.1) is 5.82 Å². The minimum absolute atomic E-state index is 0.00855. The maximum Gasteiger partial charge on any atom is 0.322 e. The van der Waals surface area contributed by atoms with Crippen molar-refractivity contribution in [3.05, 3.63) is 29.6 Å². The van der Waals surface area contributed by atoms with Crippen LogP contribution in [-0.4, -0.2) is 49.5 Å². The number of carboxylic acids is 1. The number of esters is 1. The van der Waals surface area contributed by atoms with Crippen molar-refractivity contribution in [2.24, 2.45) is 0 Å². The number of hydrogen-bond acceptors (Lipinski definition) is 5. The van der Waals surface area contributed by atoms with Crippen LogP contribution in [0.25, 0.3) is 0 Å². The number of carboxylic acid groups (broad SMARTS) is 1. The Morgan fingerprint density at radius 3 is 2.67 bits per heavy atom. The Morgan fingerprint density at radius 2 is 2.08 bits per heavy atom. The summed E-state index contributed by atoms with van der Waals surface area (Å²) >= 11 is 0. The Hall–Kier alpha value is -2.00. The van der Waals surface area contributed by atoms with Gasteiger partial charge in [-0.25, -0.2) is 12.8 Å². The van der Waals surface area contributed by atoms with E-state index in [1.165, 1.54) is 19.2 Å². The van der Waals surface area contributed by atoms with Crippen molar-refractivity contribution in [3.63, 3.8) is 0 Å². The number of ether oxygens (including phenoxy) is 1. The summed E-state index contributed by atoms with van der Waals surface area (Å²) in [6, 6.07) is 2.02. The maximum atomic E-state index is 14.1. The van der Waals surface area contributed by atoms with Crippen LogP contribution in [-0.2, 0) is 30.8 Å². The normalized spacial score (nSPS) is 19.0. The lowest BCUT2D eigenvalue weighted by molar-refractivity contribution is -0.142. The molecule has 1 aliphatic rings. The van der Waals surface area contributed by atoms with Gasteiger partial charge in [-0.05, 0) is 37.0 Å². The second-order valence-corrected chi connectivity index (χ2v) is 7.36. The van der Waals surface area contributed by atoms with Crippen molar-refractivity contribution >= 4 is 22.0 Å². The highest BCUT2D eigenvalue weighted by molar-refractivity contribution is 7.89. The molecule has 1 aromatic carbocycles. The fraction of sp³-hybridized carbons (Fsp3) is 0.467. The van der Waals surface area contributed by atoms with Gasteiger partial charge in [-0.15, -0.1) is 0 Å². The van der Waals surface area contributed by atoms with Gasteiger partial charge in [0.05, 0.1) is 18.4 Å². The van der Waals surface area contributed by atoms with Crippen molar-refractivity contribution in [1.82, 2.24) is 4.31 Å². The van der Waals surface area contributed by atoms with Gasteiger partial charge >= 0.3 is 11.9 Å². The van der Waals surface area contributed by atoms with Crippen LogP contribution in [0.5, 0.6) is 0 Å². The zero-order valence-corrected chi connectivity index (χ0v) is 13.9. The third-order valence-corrected chi connectivity index (χ3v) is 5.84. The number of benzene rings is 1. The highest BCUT2D eigenvalue weighted by atomic mass is 32.2. The molecule has 1 saturated heterocycles. The fourth-order valence-corrected chi connectivity index (χ4v) is 4.30. The predicted molar refractivity (Wildman–Crippen MR) is 81.3 cm³/mol. The van der Waals surface area contributed by atoms with Crippen molar-refractivity contribution < 1.29 is 32.2 Å². The van der Waals surface area contributed by atoms with Crippen molar-refractivity contribution in [1.29, 1.82) is 0 Å². The number of sulfonamides is 1. The second kappa shape index (κ2) is 7.27. The molecule has 0 radical (unpaired) electrons. The number of methoxy groups -OCH3 is 1. The molecule has 1 unspecified atom stereocenters. The minimum atomic E-state index is -4.13. The summed E-state index contributed by atoms with van der Waals surface area (Å²) in [5, 5.41) is 9.21. The van der Waals surface area contributed by atoms with E-state index < -0.39 is 33.8 Å². The molecule has 2 rings (SSSR count). The highest BCUT2D eigenvalue weighted by Gasteiger charge is 2.37. The van der Waals surface area contributed by atoms with Crippen LogP contribution >= 0.6 is 0 Å². The van der Waals surface area contributed by atoms with Crippen molar-refractivity contribution in [3.8, 4) is 0 Å². The summed E-state index contributed by atoms with van der Waals surface area (Å²) in [6.07, 6.45) is 1.07. The van der Waals surface area contributed by atoms with Crippen LogP contribution in [0.3, 0.4) is 0 Å². The van der Waals surface area contributed by atoms with Crippen LogP contribution in [0.2, 0.25) is 0 Å². The Kier molecular flexibility index (Phi) is 5.55. The molecule has 0 saturated carbocycles. The summed E-state index contributed by atoms with van der Waals surface area (Å²) in [4.78, 5) is 22.2. The molecule has 24 heavy (non-hydrogen) atoms. The van der Waals surface area contributed by atoms with Gasteiger partial charge in [0.1, 0.15) is 11.9 Å². The second-order valence-electron chi connectivity index (χ2n) is 5.47. The first-order valence-corrected chi connectivity index (χ1v) is 8.81. The van der Waals surface area contributed by atoms with E-state index >= 15 is 0 Å². The molecule has 0 spiro atoms. The highest BCUT2D eigenvalue weighted by Crippen LogP contribution is 2.26. The first-order chi connectivity index (χ1) is 11.3. The Balaban J connectivity index is 2.33. The lowest BCUT2D eigenvalue weighted by Gasteiger charge is -2.31. The lowest BCUT2D eigenvalue weighted by Crippen LogP contribution is -2.47. The van der Waals surface area contributed by atoms with Gasteiger partial charge in [0, 0.05) is 6.54 Å². The van der Waals surface area contributed by atoms with E-state index in [0.717, 1.165) is 10.4 Å². The zero-order chi connectivity index (χ0) is 17.9. The molecule has 7 nitrogen and oxygen atoms in total. The fourth-order valence-electron chi connectivity index (χ4n) is 2.63. The van der Waals surface area contributed by atoms with E-state index in [1.54, 1.807) is 0 Å². The van der Waals surface area contributed by atoms with Gasteiger partial charge in [-0.3, -0.25) is 9.59 Å². The Bertz CT molecular complexity index is 748. The van der Waals surface area contributed by atoms with Crippen LogP contribution in [0.4, 0.5) is 4.39 Å². The summed E-state index contributed by atoms with van der Waals surface area (Å²) in [6.45, 7) is 0.0742. The molecule has 1 atom stereocenters. The average molecular weight is 359 g/mol. The monoisotopic (exact) mass is 359 g/mol. The number of hydrogen-bond donors (Lipinski definition) is 1. The standard InChI is InChI=1S/C15H18FNO6S/c1-23-14(18)8-10-5-6-11(9-12(10)16)24(21,22)17-7-3-2-4-13(17)15(19)20/h5-6,9,13H,2-4,7-8H2,1H3,(H,19,20). The zero-order valence-electron chi connectivity index (χ0n) is 13.1. The molecule has 1 N–H and O–H groups in total. The first kappa shape index (κ1) is 18.3. The van der Waals surface area contributed by atoms with Gasteiger partial charge in [-0.1, -0.05) is 6.07 Å². The smallest absolute Gasteiger partial charge is 0.322 e. The third-order valence-electron chi connectivity index (χ3n) is 3.93. The number of nitrogens with zero attached hydrogens (tertiary/aromatic N) is 1. The number of carbonyl (C=O) groups excluding carboxylic acids is 1. The lowest BCUT2D eigenvalue weighted by atomic mass is 10.1. The predicted octanol–water partition coefficient (Wildman–Crippen LogP) is 1.17. The van der Waals surface area contributed by atoms with E-state index in [9.17, 15) is 27.5 Å². The van der Waals surface area contributed by atoms with Gasteiger partial charge in [0.15, 0.2) is 0 Å². The third kappa shape index (κ3) is 3.73. The van der Waals surface area contributed by atoms with Gasteiger partial charge in [0.25, 0.3) is 0 Å². The van der Waals surface area contributed by atoms with Crippen LogP contribution < -0.4 is 0 Å². The molecule has 0 amide bonds. The largest absolute Gasteiger partial charge is 0.480 e. The minimum Gasteiger partial charge on any atom is -0.480 e. The molecule has 0 aliphatic carbocycles. The van der Waals surface area contributed by atoms with Crippen LogP contribution in [0.1, 0.15) is 24.8 Å². The molecule has 9 heteroatoms. The van der Waals surface area contributed by atoms with Gasteiger partial charge in [0.2, 0.25) is 10.0 Å². The average Bonchev–Trinajstić information content (AvgIpc) is 2.56. The molecular formula is C15H18FNO6S. The van der Waals surface area contributed by atoms with Gasteiger partial charge < -0.3 is 9.84 Å². The molecule has 0 aromatic heterocycles. The van der Waals surface area contributed by atoms with E-state index in [-0.39, 0.29) is 29.8 Å². The number of aliphatic carboxylic acids is 1. The molecule has 1 heterocycles. The number of halogens is 1. The number of carbonyl (C=O) groups is 2. The van der Waals surface area contributed by atoms with E-state index in [2.05, 4.69) is 4.74 Å². The quantitative estimate of drug-likeness (QED) is 0.792. The molecule has 132 valence electrons. The maximum absolute atomic E-state index is 14.1. The van der Waals surface area contributed by atoms with Crippen LogP contribution in [0.15, 0.2) is 23.1 Å². The van der Waals surface area contributed by atoms with E-state index in [0.29, 0.717) is 12.8 Å². The van der Waals surface area contributed by atoms with Crippen molar-refractivity contribution in [2.45, 2.75) is 36.6 Å². The molecule has 1 fully saturated rings. The summed E-state index contributed by atoms with van der Waals surface area (Å²) in [5.41, 5.74) is 0.00855. The molecule has 1 aromatic rings. The van der Waals surface area contributed by atoms with Gasteiger partial charge in [-0.2, -0.15) is 4.31 Å². The Labute approximate surface area is 139 Å². The molecule has 0 bridgehead atoms. The molecule has 1 aliphatic heterocycles. The van der Waals surface area contributed by atoms with Crippen molar-refractivity contribution in [2.75, 3.05) is 13.7 Å². The molecular weight excluding hydrogens is 341 g/mol. The first-order valence-electron chi connectivity index (χ1n) is 7.37. The number of rotatable bonds is 5. The topological polar surface area (TPSA) is 101 Å². The Morgan fingerprint density at radius 1 is 1.38 bits per heavy atom. The summed E-state index contributed by atoms with van der Waals surface area (Å²) in [7, 11) is -2.97. The summed E-state index contributed by atoms with van der Waals surface area (Å²) < 4.78 is 44.7. The number of piperidine rings is 1. The summed E-state index contributed by atoms with van der Waals surface area (Å²) in [5.74, 6) is -2.72. The SMILES string of the molecule is COC(=O)Cc1ccc(S(=O)(=O)N2CCCCC2C(=O)O)cc1F. The van der Waals surface area contributed by atoms with E-state index in [1.807, 2.05) is 0 Å². The van der Waals surface area contributed by atoms with E-state index in [4.69, 9.17) is 0 Å².